The van der Waals surface area contributed by atoms with Crippen LogP contribution in [0.2, 0.25) is 0 Å². The first-order chi connectivity index (χ1) is 18.2. The molecule has 1 atom stereocenters. The summed E-state index contributed by atoms with van der Waals surface area (Å²) in [5.74, 6) is 0.294. The fourth-order valence-electron chi connectivity index (χ4n) is 4.87. The summed E-state index contributed by atoms with van der Waals surface area (Å²) in [4.78, 5) is 11.4. The van der Waals surface area contributed by atoms with E-state index in [-0.39, 0.29) is 16.9 Å². The Kier molecular flexibility index (Phi) is 7.18. The second-order valence-electron chi connectivity index (χ2n) is 9.89. The van der Waals surface area contributed by atoms with Gasteiger partial charge in [-0.2, -0.15) is 10.1 Å². The van der Waals surface area contributed by atoms with Crippen molar-refractivity contribution < 1.29 is 13.2 Å². The number of aryl methyl sites for hydroxylation is 4. The molecule has 9 nitrogen and oxygen atoms in total. The molecule has 0 aliphatic carbocycles. The van der Waals surface area contributed by atoms with Gasteiger partial charge in [-0.25, -0.2) is 18.1 Å². The van der Waals surface area contributed by atoms with Gasteiger partial charge in [-0.1, -0.05) is 48.0 Å². The van der Waals surface area contributed by atoms with E-state index in [1.807, 2.05) is 32.0 Å². The van der Waals surface area contributed by atoms with E-state index < -0.39 is 10.0 Å². The maximum atomic E-state index is 13.0. The predicted octanol–water partition coefficient (Wildman–Crippen LogP) is 4.26. The second kappa shape index (κ2) is 10.5. The zero-order valence-electron chi connectivity index (χ0n) is 22.0. The molecular formula is C28H32N6O3S. The molecule has 0 spiro atoms. The minimum absolute atomic E-state index is 0.0335. The summed E-state index contributed by atoms with van der Waals surface area (Å²) in [7, 11) is -2.27. The van der Waals surface area contributed by atoms with Crippen molar-refractivity contribution in [3.05, 3.63) is 83.2 Å². The SMILES string of the molecule is Cc1cccc(CN2CCC(Oc3cc(-c4c(C)cccc4C)nc(NS(=O)(=O)c4cnn(C)c4)n3)C2)c1. The Morgan fingerprint density at radius 3 is 2.53 bits per heavy atom. The number of likely N-dealkylation sites (tertiary alicyclic amines) is 1. The summed E-state index contributed by atoms with van der Waals surface area (Å²) in [5.41, 5.74) is 6.10. The molecule has 38 heavy (non-hydrogen) atoms. The van der Waals surface area contributed by atoms with Crippen LogP contribution in [0.3, 0.4) is 0 Å². The van der Waals surface area contributed by atoms with Crippen LogP contribution < -0.4 is 9.46 Å². The van der Waals surface area contributed by atoms with Crippen LogP contribution in [0, 0.1) is 20.8 Å². The largest absolute Gasteiger partial charge is 0.473 e. The number of sulfonamides is 1. The summed E-state index contributed by atoms with van der Waals surface area (Å²) in [5, 5.41) is 3.97. The van der Waals surface area contributed by atoms with Crippen LogP contribution in [0.5, 0.6) is 5.88 Å². The van der Waals surface area contributed by atoms with E-state index in [0.717, 1.165) is 42.7 Å². The summed E-state index contributed by atoms with van der Waals surface area (Å²) in [6.45, 7) is 8.63. The van der Waals surface area contributed by atoms with E-state index in [1.165, 1.54) is 28.2 Å². The van der Waals surface area contributed by atoms with Gasteiger partial charge >= 0.3 is 0 Å². The Labute approximate surface area is 223 Å². The molecule has 4 aromatic rings. The Hall–Kier alpha value is -3.76. The molecule has 5 rings (SSSR count). The third-order valence-corrected chi connectivity index (χ3v) is 7.94. The van der Waals surface area contributed by atoms with E-state index in [9.17, 15) is 8.42 Å². The van der Waals surface area contributed by atoms with E-state index in [0.29, 0.717) is 11.6 Å². The fourth-order valence-corrected chi connectivity index (χ4v) is 5.80. The summed E-state index contributed by atoms with van der Waals surface area (Å²) >= 11 is 0. The quantitative estimate of drug-likeness (QED) is 0.362. The number of aromatic nitrogens is 4. The Morgan fingerprint density at radius 1 is 1.05 bits per heavy atom. The van der Waals surface area contributed by atoms with Gasteiger partial charge in [0.25, 0.3) is 10.0 Å². The zero-order valence-corrected chi connectivity index (χ0v) is 22.9. The molecule has 0 saturated carbocycles. The van der Waals surface area contributed by atoms with Gasteiger partial charge in [0.05, 0.1) is 11.9 Å². The Bertz CT molecular complexity index is 1550. The molecule has 1 unspecified atom stereocenters. The highest BCUT2D eigenvalue weighted by Crippen LogP contribution is 2.30. The molecule has 0 amide bonds. The number of rotatable bonds is 8. The average Bonchev–Trinajstić information content (AvgIpc) is 3.48. The molecule has 2 aromatic carbocycles. The van der Waals surface area contributed by atoms with E-state index in [4.69, 9.17) is 4.74 Å². The highest BCUT2D eigenvalue weighted by molar-refractivity contribution is 7.92. The Balaban J connectivity index is 1.41. The lowest BCUT2D eigenvalue weighted by atomic mass is 10.00. The molecule has 1 fully saturated rings. The predicted molar refractivity (Wildman–Crippen MR) is 146 cm³/mol. The molecule has 198 valence electrons. The minimum atomic E-state index is -3.92. The highest BCUT2D eigenvalue weighted by atomic mass is 32.2. The number of nitrogens with zero attached hydrogens (tertiary/aromatic N) is 5. The van der Waals surface area contributed by atoms with Gasteiger partial charge in [-0.05, 0) is 43.9 Å². The number of ether oxygens (including phenoxy) is 1. The lowest BCUT2D eigenvalue weighted by Gasteiger charge is -2.18. The van der Waals surface area contributed by atoms with Gasteiger partial charge < -0.3 is 4.74 Å². The average molecular weight is 533 g/mol. The first-order valence-corrected chi connectivity index (χ1v) is 14.1. The highest BCUT2D eigenvalue weighted by Gasteiger charge is 2.26. The molecule has 0 bridgehead atoms. The molecule has 1 saturated heterocycles. The zero-order chi connectivity index (χ0) is 26.9. The van der Waals surface area contributed by atoms with Crippen molar-refractivity contribution in [2.24, 2.45) is 7.05 Å². The molecule has 10 heteroatoms. The first kappa shape index (κ1) is 25.9. The van der Waals surface area contributed by atoms with Crippen molar-refractivity contribution in [3.8, 4) is 17.1 Å². The molecule has 3 heterocycles. The van der Waals surface area contributed by atoms with E-state index >= 15 is 0 Å². The van der Waals surface area contributed by atoms with Crippen LogP contribution in [0.1, 0.15) is 28.7 Å². The van der Waals surface area contributed by atoms with Crippen LogP contribution in [-0.2, 0) is 23.6 Å². The lowest BCUT2D eigenvalue weighted by Crippen LogP contribution is -2.25. The molecule has 1 aliphatic heterocycles. The van der Waals surface area contributed by atoms with Crippen molar-refractivity contribution in [3.63, 3.8) is 0 Å². The standard InChI is InChI=1S/C28H32N6O3S/c1-19-7-5-10-22(13-19)16-34-12-11-23(17-34)37-26-14-25(27-20(2)8-6-9-21(27)3)30-28(31-26)32-38(35,36)24-15-29-33(4)18-24/h5-10,13-15,18,23H,11-12,16-17H2,1-4H3,(H,30,31,32). The third-order valence-electron chi connectivity index (χ3n) is 6.66. The van der Waals surface area contributed by atoms with E-state index in [2.05, 4.69) is 55.9 Å². The van der Waals surface area contributed by atoms with Gasteiger partial charge in [0.1, 0.15) is 11.0 Å². The Morgan fingerprint density at radius 2 is 1.82 bits per heavy atom. The van der Waals surface area contributed by atoms with Crippen molar-refractivity contribution >= 4 is 16.0 Å². The summed E-state index contributed by atoms with van der Waals surface area (Å²) in [6.07, 6.45) is 3.50. The van der Waals surface area contributed by atoms with Gasteiger partial charge in [0.2, 0.25) is 11.8 Å². The van der Waals surface area contributed by atoms with Gasteiger partial charge in [0.15, 0.2) is 0 Å². The minimum Gasteiger partial charge on any atom is -0.473 e. The first-order valence-electron chi connectivity index (χ1n) is 12.6. The number of hydrogen-bond donors (Lipinski definition) is 1. The van der Waals surface area contributed by atoms with Crippen molar-refractivity contribution in [2.45, 2.75) is 44.7 Å². The normalized spacial score (nSPS) is 16.1. The van der Waals surface area contributed by atoms with Crippen LogP contribution in [0.4, 0.5) is 5.95 Å². The van der Waals surface area contributed by atoms with Crippen molar-refractivity contribution in [2.75, 3.05) is 17.8 Å². The number of benzene rings is 2. The van der Waals surface area contributed by atoms with Crippen LogP contribution in [0.25, 0.3) is 11.3 Å². The maximum Gasteiger partial charge on any atom is 0.267 e. The monoisotopic (exact) mass is 532 g/mol. The number of hydrogen-bond acceptors (Lipinski definition) is 7. The smallest absolute Gasteiger partial charge is 0.267 e. The summed E-state index contributed by atoms with van der Waals surface area (Å²) in [6, 6.07) is 16.3. The summed E-state index contributed by atoms with van der Waals surface area (Å²) < 4.78 is 36.3. The molecule has 1 N–H and O–H groups in total. The van der Waals surface area contributed by atoms with Crippen LogP contribution in [0.15, 0.2) is 65.8 Å². The number of anilines is 1. The number of nitrogens with one attached hydrogen (secondary N) is 1. The van der Waals surface area contributed by atoms with Crippen molar-refractivity contribution in [1.29, 1.82) is 0 Å². The van der Waals surface area contributed by atoms with Gasteiger partial charge in [-0.3, -0.25) is 9.58 Å². The second-order valence-corrected chi connectivity index (χ2v) is 11.6. The third kappa shape index (κ3) is 5.87. The molecule has 2 aromatic heterocycles. The topological polar surface area (TPSA) is 102 Å². The van der Waals surface area contributed by atoms with Crippen molar-refractivity contribution in [1.82, 2.24) is 24.6 Å². The van der Waals surface area contributed by atoms with Crippen LogP contribution >= 0.6 is 0 Å². The lowest BCUT2D eigenvalue weighted by molar-refractivity contribution is 0.191. The molecule has 1 aliphatic rings. The fraction of sp³-hybridized carbons (Fsp3) is 0.321. The van der Waals surface area contributed by atoms with Crippen LogP contribution in [-0.4, -0.2) is 52.3 Å². The molecular weight excluding hydrogens is 500 g/mol. The maximum absolute atomic E-state index is 13.0. The molecule has 0 radical (unpaired) electrons. The van der Waals surface area contributed by atoms with Gasteiger partial charge in [0, 0.05) is 44.5 Å². The van der Waals surface area contributed by atoms with E-state index in [1.54, 1.807) is 13.1 Å². The van der Waals surface area contributed by atoms with Gasteiger partial charge in [-0.15, -0.1) is 0 Å².